The fourth-order valence-electron chi connectivity index (χ4n) is 2.73. The molecule has 0 radical (unpaired) electrons. The van der Waals surface area contributed by atoms with Crippen molar-refractivity contribution < 1.29 is 18.7 Å². The van der Waals surface area contributed by atoms with Crippen LogP contribution in [0, 0.1) is 0 Å². The Morgan fingerprint density at radius 1 is 0.962 bits per heavy atom. The van der Waals surface area contributed by atoms with Crippen LogP contribution in [0.4, 0.5) is 0 Å². The van der Waals surface area contributed by atoms with E-state index in [-0.39, 0.29) is 12.4 Å². The summed E-state index contributed by atoms with van der Waals surface area (Å²) in [5.74, 6) is 1.06. The smallest absolute Gasteiger partial charge is 0.336 e. The van der Waals surface area contributed by atoms with Crippen LogP contribution in [0.2, 0.25) is 0 Å². The van der Waals surface area contributed by atoms with Crippen molar-refractivity contribution in [1.82, 2.24) is 0 Å². The maximum Gasteiger partial charge on any atom is 0.336 e. The van der Waals surface area contributed by atoms with E-state index in [0.717, 1.165) is 23.1 Å². The van der Waals surface area contributed by atoms with Crippen molar-refractivity contribution in [2.45, 2.75) is 20.3 Å². The van der Waals surface area contributed by atoms with Gasteiger partial charge in [0.15, 0.2) is 12.4 Å². The molecule has 134 valence electrons. The summed E-state index contributed by atoms with van der Waals surface area (Å²) in [6.45, 7) is 4.36. The summed E-state index contributed by atoms with van der Waals surface area (Å²) in [6, 6.07) is 13.7. The van der Waals surface area contributed by atoms with E-state index in [1.807, 2.05) is 19.9 Å². The van der Waals surface area contributed by atoms with Crippen LogP contribution in [-0.2, 0) is 6.42 Å². The molecule has 0 aliphatic heterocycles. The summed E-state index contributed by atoms with van der Waals surface area (Å²) in [6.07, 6.45) is 0.735. The molecule has 0 amide bonds. The van der Waals surface area contributed by atoms with Crippen molar-refractivity contribution >= 4 is 16.8 Å². The highest BCUT2D eigenvalue weighted by Gasteiger charge is 2.09. The fraction of sp³-hybridized carbons (Fsp3) is 0.238. The molecule has 0 unspecified atom stereocenters. The maximum atomic E-state index is 12.3. The number of ketones is 1. The number of carbonyl (C=O) groups is 1. The molecule has 0 saturated heterocycles. The van der Waals surface area contributed by atoms with Crippen molar-refractivity contribution in [3.63, 3.8) is 0 Å². The minimum absolute atomic E-state index is 0.100. The third-order valence-electron chi connectivity index (χ3n) is 4.04. The Bertz CT molecular complexity index is 970. The van der Waals surface area contributed by atoms with Gasteiger partial charge in [-0.05, 0) is 55.3 Å². The molecule has 0 atom stereocenters. The molecule has 1 aromatic heterocycles. The van der Waals surface area contributed by atoms with Crippen molar-refractivity contribution in [2.75, 3.05) is 13.2 Å². The average molecular weight is 352 g/mol. The molecule has 1 heterocycles. The molecule has 0 fully saturated rings. The van der Waals surface area contributed by atoms with Crippen molar-refractivity contribution in [3.8, 4) is 11.5 Å². The van der Waals surface area contributed by atoms with Crippen molar-refractivity contribution in [1.29, 1.82) is 0 Å². The van der Waals surface area contributed by atoms with E-state index in [9.17, 15) is 9.59 Å². The van der Waals surface area contributed by atoms with Crippen LogP contribution < -0.4 is 15.1 Å². The first-order valence-electron chi connectivity index (χ1n) is 8.56. The number of carbonyl (C=O) groups excluding carboxylic acids is 1. The van der Waals surface area contributed by atoms with Gasteiger partial charge in [0.2, 0.25) is 0 Å². The number of aryl methyl sites for hydroxylation is 1. The standard InChI is InChI=1S/C21H20O5/c1-3-14-11-21(23)26-20-12-17(9-10-18(14)20)25-13-19(22)15-5-7-16(8-6-15)24-4-2/h5-12H,3-4,13H2,1-2H3. The molecule has 0 bridgehead atoms. The Hall–Kier alpha value is -3.08. The van der Waals surface area contributed by atoms with Gasteiger partial charge in [-0.3, -0.25) is 4.79 Å². The van der Waals surface area contributed by atoms with Crippen LogP contribution in [0.1, 0.15) is 29.8 Å². The number of fused-ring (bicyclic) bond motifs is 1. The summed E-state index contributed by atoms with van der Waals surface area (Å²) in [5, 5.41) is 0.872. The molecule has 0 N–H and O–H groups in total. The van der Waals surface area contributed by atoms with Gasteiger partial charge in [-0.2, -0.15) is 0 Å². The van der Waals surface area contributed by atoms with E-state index in [2.05, 4.69) is 0 Å². The van der Waals surface area contributed by atoms with E-state index in [0.29, 0.717) is 23.5 Å². The maximum absolute atomic E-state index is 12.3. The number of Topliss-reactive ketones (excluding diaryl/α,β-unsaturated/α-hetero) is 1. The summed E-state index contributed by atoms with van der Waals surface area (Å²) >= 11 is 0. The van der Waals surface area contributed by atoms with Gasteiger partial charge >= 0.3 is 5.63 Å². The fourth-order valence-corrected chi connectivity index (χ4v) is 2.73. The van der Waals surface area contributed by atoms with Gasteiger partial charge in [-0.25, -0.2) is 4.79 Å². The van der Waals surface area contributed by atoms with Gasteiger partial charge in [-0.1, -0.05) is 6.92 Å². The van der Waals surface area contributed by atoms with Gasteiger partial charge < -0.3 is 13.9 Å². The number of ether oxygens (including phenoxy) is 2. The first-order chi connectivity index (χ1) is 12.6. The summed E-state index contributed by atoms with van der Waals surface area (Å²) in [5.41, 5.74) is 1.54. The molecule has 26 heavy (non-hydrogen) atoms. The molecule has 5 heteroatoms. The van der Waals surface area contributed by atoms with Gasteiger partial charge in [-0.15, -0.1) is 0 Å². The molecule has 2 aromatic carbocycles. The Balaban J connectivity index is 1.72. The third-order valence-corrected chi connectivity index (χ3v) is 4.04. The first kappa shape index (κ1) is 17.7. The minimum atomic E-state index is -0.392. The minimum Gasteiger partial charge on any atom is -0.494 e. The zero-order chi connectivity index (χ0) is 18.5. The van der Waals surface area contributed by atoms with Gasteiger partial charge in [0.25, 0.3) is 0 Å². The van der Waals surface area contributed by atoms with Crippen molar-refractivity contribution in [2.24, 2.45) is 0 Å². The molecule has 0 spiro atoms. The Kier molecular flexibility index (Phi) is 5.37. The van der Waals surface area contributed by atoms with E-state index >= 15 is 0 Å². The molecule has 5 nitrogen and oxygen atoms in total. The van der Waals surface area contributed by atoms with Crippen LogP contribution in [0.5, 0.6) is 11.5 Å². The zero-order valence-corrected chi connectivity index (χ0v) is 14.8. The number of rotatable bonds is 7. The number of hydrogen-bond donors (Lipinski definition) is 0. The van der Waals surface area contributed by atoms with Crippen LogP contribution in [-0.4, -0.2) is 19.0 Å². The molecular formula is C21H20O5. The van der Waals surface area contributed by atoms with Crippen LogP contribution in [0.3, 0.4) is 0 Å². The van der Waals surface area contributed by atoms with E-state index in [1.54, 1.807) is 36.4 Å². The highest BCUT2D eigenvalue weighted by atomic mass is 16.5. The van der Waals surface area contributed by atoms with E-state index < -0.39 is 5.63 Å². The van der Waals surface area contributed by atoms with Crippen molar-refractivity contribution in [3.05, 3.63) is 70.1 Å². The second-order valence-electron chi connectivity index (χ2n) is 5.77. The summed E-state index contributed by atoms with van der Waals surface area (Å²) < 4.78 is 16.2. The first-order valence-corrected chi connectivity index (χ1v) is 8.56. The molecule has 0 aliphatic carbocycles. The number of benzene rings is 2. The van der Waals surface area contributed by atoms with E-state index in [1.165, 1.54) is 6.07 Å². The Morgan fingerprint density at radius 3 is 2.38 bits per heavy atom. The van der Waals surface area contributed by atoms with Crippen LogP contribution in [0.25, 0.3) is 11.0 Å². The highest BCUT2D eigenvalue weighted by Crippen LogP contribution is 2.23. The zero-order valence-electron chi connectivity index (χ0n) is 14.8. The lowest BCUT2D eigenvalue weighted by molar-refractivity contribution is 0.0921. The second-order valence-corrected chi connectivity index (χ2v) is 5.77. The van der Waals surface area contributed by atoms with Gasteiger partial charge in [0.05, 0.1) is 6.61 Å². The predicted octanol–water partition coefficient (Wildman–Crippen LogP) is 4.02. The molecule has 3 rings (SSSR count). The normalized spacial score (nSPS) is 10.7. The quantitative estimate of drug-likeness (QED) is 0.475. The van der Waals surface area contributed by atoms with E-state index in [4.69, 9.17) is 13.9 Å². The largest absolute Gasteiger partial charge is 0.494 e. The van der Waals surface area contributed by atoms with Crippen LogP contribution >= 0.6 is 0 Å². The van der Waals surface area contributed by atoms with Crippen LogP contribution in [0.15, 0.2) is 57.7 Å². The number of hydrogen-bond acceptors (Lipinski definition) is 5. The lowest BCUT2D eigenvalue weighted by Gasteiger charge is -2.08. The second kappa shape index (κ2) is 7.87. The molecule has 0 aliphatic rings. The molecule has 0 saturated carbocycles. The Labute approximate surface area is 151 Å². The molecular weight excluding hydrogens is 332 g/mol. The topological polar surface area (TPSA) is 65.7 Å². The summed E-state index contributed by atoms with van der Waals surface area (Å²) in [7, 11) is 0. The average Bonchev–Trinajstić information content (AvgIpc) is 2.66. The Morgan fingerprint density at radius 2 is 1.69 bits per heavy atom. The van der Waals surface area contributed by atoms with Gasteiger partial charge in [0, 0.05) is 23.1 Å². The van der Waals surface area contributed by atoms with Gasteiger partial charge in [0.1, 0.15) is 17.1 Å². The monoisotopic (exact) mass is 352 g/mol. The lowest BCUT2D eigenvalue weighted by atomic mass is 10.1. The molecule has 3 aromatic rings. The summed E-state index contributed by atoms with van der Waals surface area (Å²) in [4.78, 5) is 23.9. The predicted molar refractivity (Wildman–Crippen MR) is 99.3 cm³/mol. The lowest BCUT2D eigenvalue weighted by Crippen LogP contribution is -2.11. The SMILES string of the molecule is CCOc1ccc(C(=O)COc2ccc3c(CC)cc(=O)oc3c2)cc1. The highest BCUT2D eigenvalue weighted by molar-refractivity contribution is 5.97. The third kappa shape index (κ3) is 3.94.